The zero-order valence-corrected chi connectivity index (χ0v) is 14.4. The third kappa shape index (κ3) is 2.83. The molecule has 1 aliphatic rings. The summed E-state index contributed by atoms with van der Waals surface area (Å²) in [5, 5.41) is 5.83. The Morgan fingerprint density at radius 2 is 2.18 bits per heavy atom. The molecule has 0 bridgehead atoms. The number of carbonyl (C=O) groups is 1. The third-order valence-electron chi connectivity index (χ3n) is 3.56. The van der Waals surface area contributed by atoms with Crippen molar-refractivity contribution in [2.24, 2.45) is 0 Å². The summed E-state index contributed by atoms with van der Waals surface area (Å²) < 4.78 is 11.1. The molecule has 7 heteroatoms. The summed E-state index contributed by atoms with van der Waals surface area (Å²) in [5.74, 6) is 1.10. The molecule has 1 atom stereocenters. The van der Waals surface area contributed by atoms with Gasteiger partial charge in [-0.05, 0) is 20.3 Å². The van der Waals surface area contributed by atoms with Gasteiger partial charge in [-0.25, -0.2) is 4.98 Å². The van der Waals surface area contributed by atoms with Crippen molar-refractivity contribution in [2.75, 3.05) is 13.2 Å². The van der Waals surface area contributed by atoms with Gasteiger partial charge in [-0.3, -0.25) is 4.79 Å². The Labute approximate surface area is 137 Å². The molecule has 1 unspecified atom stereocenters. The molecule has 0 saturated carbocycles. The van der Waals surface area contributed by atoms with Crippen molar-refractivity contribution < 1.29 is 14.3 Å². The SMILES string of the molecule is CCC(NC(=O)c1scc2c1OCCO2)c1nc(C)c(C)s1. The third-order valence-corrected chi connectivity index (χ3v) is 5.69. The van der Waals surface area contributed by atoms with E-state index in [0.29, 0.717) is 29.6 Å². The van der Waals surface area contributed by atoms with Crippen LogP contribution in [-0.2, 0) is 0 Å². The second kappa shape index (κ2) is 6.26. The fraction of sp³-hybridized carbons (Fsp3) is 0.467. The highest BCUT2D eigenvalue weighted by Crippen LogP contribution is 2.39. The van der Waals surface area contributed by atoms with Crippen molar-refractivity contribution in [3.05, 3.63) is 25.8 Å². The van der Waals surface area contributed by atoms with E-state index in [-0.39, 0.29) is 11.9 Å². The van der Waals surface area contributed by atoms with Crippen LogP contribution in [0.4, 0.5) is 0 Å². The van der Waals surface area contributed by atoms with Gasteiger partial charge in [-0.15, -0.1) is 22.7 Å². The van der Waals surface area contributed by atoms with Crippen LogP contribution in [0.5, 0.6) is 11.5 Å². The van der Waals surface area contributed by atoms with E-state index >= 15 is 0 Å². The van der Waals surface area contributed by atoms with Crippen LogP contribution >= 0.6 is 22.7 Å². The number of hydrogen-bond donors (Lipinski definition) is 1. The Morgan fingerprint density at radius 1 is 1.41 bits per heavy atom. The number of hydrogen-bond acceptors (Lipinski definition) is 6. The first-order valence-corrected chi connectivity index (χ1v) is 8.91. The largest absolute Gasteiger partial charge is 0.485 e. The lowest BCUT2D eigenvalue weighted by atomic mass is 10.2. The van der Waals surface area contributed by atoms with E-state index in [0.717, 1.165) is 17.1 Å². The first-order chi connectivity index (χ1) is 10.6. The van der Waals surface area contributed by atoms with Crippen molar-refractivity contribution in [3.63, 3.8) is 0 Å². The van der Waals surface area contributed by atoms with Crippen LogP contribution < -0.4 is 14.8 Å². The molecule has 2 aromatic heterocycles. The lowest BCUT2D eigenvalue weighted by Crippen LogP contribution is -2.28. The molecule has 1 aliphatic heterocycles. The van der Waals surface area contributed by atoms with E-state index in [2.05, 4.69) is 10.3 Å². The van der Waals surface area contributed by atoms with Gasteiger partial charge in [0.2, 0.25) is 0 Å². The van der Waals surface area contributed by atoms with Crippen LogP contribution in [-0.4, -0.2) is 24.1 Å². The maximum atomic E-state index is 12.6. The Balaban J connectivity index is 1.79. The summed E-state index contributed by atoms with van der Waals surface area (Å²) in [7, 11) is 0. The van der Waals surface area contributed by atoms with E-state index < -0.39 is 0 Å². The molecule has 0 saturated heterocycles. The van der Waals surface area contributed by atoms with Crippen LogP contribution in [0.1, 0.15) is 44.6 Å². The number of ether oxygens (including phenoxy) is 2. The Bertz CT molecular complexity index is 674. The van der Waals surface area contributed by atoms with Crippen molar-refractivity contribution >= 4 is 28.6 Å². The minimum atomic E-state index is -0.130. The number of nitrogens with one attached hydrogen (secondary N) is 1. The fourth-order valence-electron chi connectivity index (χ4n) is 2.23. The normalized spacial score (nSPS) is 14.7. The van der Waals surface area contributed by atoms with Crippen molar-refractivity contribution in [2.45, 2.75) is 33.2 Å². The van der Waals surface area contributed by atoms with Gasteiger partial charge in [0, 0.05) is 10.3 Å². The van der Waals surface area contributed by atoms with Gasteiger partial charge in [0.1, 0.15) is 23.1 Å². The van der Waals surface area contributed by atoms with Gasteiger partial charge in [0.25, 0.3) is 5.91 Å². The summed E-state index contributed by atoms with van der Waals surface area (Å²) in [6.45, 7) is 7.09. The molecule has 0 spiro atoms. The van der Waals surface area contributed by atoms with Gasteiger partial charge in [-0.2, -0.15) is 0 Å². The quantitative estimate of drug-likeness (QED) is 0.927. The van der Waals surface area contributed by atoms with E-state index in [4.69, 9.17) is 9.47 Å². The number of rotatable bonds is 4. The van der Waals surface area contributed by atoms with Crippen molar-refractivity contribution in [1.82, 2.24) is 10.3 Å². The lowest BCUT2D eigenvalue weighted by Gasteiger charge is -2.17. The van der Waals surface area contributed by atoms with Crippen LogP contribution in [0.25, 0.3) is 0 Å². The summed E-state index contributed by atoms with van der Waals surface area (Å²) in [5.41, 5.74) is 1.03. The van der Waals surface area contributed by atoms with Gasteiger partial charge in [-0.1, -0.05) is 6.92 Å². The standard InChI is InChI=1S/C15H18N2O3S2/c1-4-10(15-16-8(2)9(3)22-15)17-14(18)13-12-11(7-21-13)19-5-6-20-12/h7,10H,4-6H2,1-3H3,(H,17,18). The molecule has 3 heterocycles. The predicted molar refractivity (Wildman–Crippen MR) is 87.4 cm³/mol. The first-order valence-electron chi connectivity index (χ1n) is 7.22. The van der Waals surface area contributed by atoms with E-state index in [1.54, 1.807) is 11.3 Å². The number of nitrogens with zero attached hydrogens (tertiary/aromatic N) is 1. The Kier molecular flexibility index (Phi) is 4.35. The van der Waals surface area contributed by atoms with E-state index in [9.17, 15) is 4.79 Å². The van der Waals surface area contributed by atoms with E-state index in [1.807, 2.05) is 26.2 Å². The van der Waals surface area contributed by atoms with Crippen LogP contribution in [0.15, 0.2) is 5.38 Å². The number of carbonyl (C=O) groups excluding carboxylic acids is 1. The monoisotopic (exact) mass is 338 g/mol. The number of fused-ring (bicyclic) bond motifs is 1. The summed E-state index contributed by atoms with van der Waals surface area (Å²) >= 11 is 2.99. The highest BCUT2D eigenvalue weighted by Gasteiger charge is 2.26. The highest BCUT2D eigenvalue weighted by atomic mass is 32.1. The molecular formula is C15H18N2O3S2. The lowest BCUT2D eigenvalue weighted by molar-refractivity contribution is 0.0930. The fourth-order valence-corrected chi connectivity index (χ4v) is 4.12. The van der Waals surface area contributed by atoms with Gasteiger partial charge < -0.3 is 14.8 Å². The number of aromatic nitrogens is 1. The molecule has 2 aromatic rings. The molecule has 1 N–H and O–H groups in total. The minimum absolute atomic E-state index is 0.0767. The molecule has 0 aliphatic carbocycles. The van der Waals surface area contributed by atoms with Crippen LogP contribution in [0.3, 0.4) is 0 Å². The molecule has 5 nitrogen and oxygen atoms in total. The molecule has 0 aromatic carbocycles. The average molecular weight is 338 g/mol. The second-order valence-electron chi connectivity index (χ2n) is 5.08. The van der Waals surface area contributed by atoms with Gasteiger partial charge in [0.05, 0.1) is 11.7 Å². The van der Waals surface area contributed by atoms with Gasteiger partial charge >= 0.3 is 0 Å². The Morgan fingerprint density at radius 3 is 2.86 bits per heavy atom. The maximum absolute atomic E-state index is 12.6. The topological polar surface area (TPSA) is 60.5 Å². The Hall–Kier alpha value is -1.60. The maximum Gasteiger partial charge on any atom is 0.265 e. The molecular weight excluding hydrogens is 320 g/mol. The number of thiophene rings is 1. The smallest absolute Gasteiger partial charge is 0.265 e. The van der Waals surface area contributed by atoms with Crippen molar-refractivity contribution in [3.8, 4) is 11.5 Å². The zero-order chi connectivity index (χ0) is 15.7. The number of aryl methyl sites for hydroxylation is 2. The molecule has 118 valence electrons. The van der Waals surface area contributed by atoms with Crippen molar-refractivity contribution in [1.29, 1.82) is 0 Å². The van der Waals surface area contributed by atoms with Crippen LogP contribution in [0.2, 0.25) is 0 Å². The molecule has 0 fully saturated rings. The molecule has 1 amide bonds. The second-order valence-corrected chi connectivity index (χ2v) is 7.20. The van der Waals surface area contributed by atoms with Crippen LogP contribution in [0, 0.1) is 13.8 Å². The minimum Gasteiger partial charge on any atom is -0.485 e. The number of amides is 1. The molecule has 3 rings (SSSR count). The molecule has 22 heavy (non-hydrogen) atoms. The predicted octanol–water partition coefficient (Wildman–Crippen LogP) is 3.47. The first kappa shape index (κ1) is 15.3. The average Bonchev–Trinajstić information content (AvgIpc) is 3.09. The van der Waals surface area contributed by atoms with Gasteiger partial charge in [0.15, 0.2) is 11.5 Å². The summed E-state index contributed by atoms with van der Waals surface area (Å²) in [4.78, 5) is 18.9. The molecule has 0 radical (unpaired) electrons. The zero-order valence-electron chi connectivity index (χ0n) is 12.8. The highest BCUT2D eigenvalue weighted by molar-refractivity contribution is 7.13. The summed E-state index contributed by atoms with van der Waals surface area (Å²) in [6, 6.07) is -0.0767. The van der Waals surface area contributed by atoms with E-state index in [1.165, 1.54) is 16.2 Å². The number of thiazole rings is 1. The summed E-state index contributed by atoms with van der Waals surface area (Å²) in [6.07, 6.45) is 0.795.